The Morgan fingerprint density at radius 1 is 1.28 bits per heavy atom. The van der Waals surface area contributed by atoms with E-state index in [1.165, 1.54) is 47.0 Å². The van der Waals surface area contributed by atoms with E-state index in [9.17, 15) is 13.5 Å². The van der Waals surface area contributed by atoms with Gasteiger partial charge in [-0.3, -0.25) is 0 Å². The van der Waals surface area contributed by atoms with Crippen LogP contribution >= 0.6 is 11.3 Å². The van der Waals surface area contributed by atoms with E-state index in [1.54, 1.807) is 0 Å². The van der Waals surface area contributed by atoms with Crippen LogP contribution in [-0.2, 0) is 16.6 Å². The van der Waals surface area contributed by atoms with Crippen molar-refractivity contribution in [3.05, 3.63) is 46.7 Å². The third-order valence-corrected chi connectivity index (χ3v) is 5.14. The molecule has 6 heteroatoms. The first kappa shape index (κ1) is 13.1. The number of phenols is 1. The molecule has 96 valence electrons. The Hall–Kier alpha value is -1.37. The van der Waals surface area contributed by atoms with E-state index >= 15 is 0 Å². The molecule has 18 heavy (non-hydrogen) atoms. The van der Waals surface area contributed by atoms with E-state index in [4.69, 9.17) is 0 Å². The molecule has 1 N–H and O–H groups in total. The second kappa shape index (κ2) is 5.09. The fraction of sp³-hybridized carbons (Fsp3) is 0.167. The fourth-order valence-electron chi connectivity index (χ4n) is 1.53. The van der Waals surface area contributed by atoms with E-state index < -0.39 is 10.0 Å². The molecule has 0 fully saturated rings. The van der Waals surface area contributed by atoms with E-state index in [0.29, 0.717) is 6.54 Å². The summed E-state index contributed by atoms with van der Waals surface area (Å²) in [5.74, 6) is -0.0550. The topological polar surface area (TPSA) is 57.6 Å². The summed E-state index contributed by atoms with van der Waals surface area (Å²) in [7, 11) is -2.03. The number of rotatable bonds is 4. The number of thiophene rings is 1. The van der Waals surface area contributed by atoms with Crippen molar-refractivity contribution in [2.45, 2.75) is 11.4 Å². The zero-order valence-electron chi connectivity index (χ0n) is 9.78. The van der Waals surface area contributed by atoms with Gasteiger partial charge in [-0.2, -0.15) is 4.31 Å². The molecule has 1 aromatic heterocycles. The second-order valence-corrected chi connectivity index (χ2v) is 6.91. The number of hydrogen-bond donors (Lipinski definition) is 1. The van der Waals surface area contributed by atoms with Crippen molar-refractivity contribution in [2.24, 2.45) is 0 Å². The number of phenolic OH excluding ortho intramolecular Hbond substituents is 1. The Morgan fingerprint density at radius 2 is 2.06 bits per heavy atom. The lowest BCUT2D eigenvalue weighted by atomic mass is 10.3. The van der Waals surface area contributed by atoms with Gasteiger partial charge in [0.25, 0.3) is 0 Å². The molecular formula is C12H13NO3S2. The fourth-order valence-corrected chi connectivity index (χ4v) is 3.56. The first-order chi connectivity index (χ1) is 8.50. The van der Waals surface area contributed by atoms with E-state index in [2.05, 4.69) is 0 Å². The first-order valence-electron chi connectivity index (χ1n) is 5.28. The second-order valence-electron chi connectivity index (χ2n) is 3.84. The molecule has 0 amide bonds. The van der Waals surface area contributed by atoms with Crippen LogP contribution in [0.5, 0.6) is 5.75 Å². The van der Waals surface area contributed by atoms with Gasteiger partial charge >= 0.3 is 0 Å². The Kier molecular flexibility index (Phi) is 3.70. The zero-order chi connectivity index (χ0) is 13.2. The van der Waals surface area contributed by atoms with Crippen LogP contribution in [0, 0.1) is 0 Å². The Balaban J connectivity index is 2.25. The van der Waals surface area contributed by atoms with Gasteiger partial charge < -0.3 is 5.11 Å². The van der Waals surface area contributed by atoms with Crippen molar-refractivity contribution in [1.82, 2.24) is 4.31 Å². The highest BCUT2D eigenvalue weighted by molar-refractivity contribution is 7.89. The molecule has 0 atom stereocenters. The molecule has 0 unspecified atom stereocenters. The van der Waals surface area contributed by atoms with Crippen LogP contribution in [0.1, 0.15) is 4.88 Å². The van der Waals surface area contributed by atoms with Crippen molar-refractivity contribution in [2.75, 3.05) is 7.05 Å². The summed E-state index contributed by atoms with van der Waals surface area (Å²) >= 11 is 1.51. The molecule has 1 heterocycles. The Morgan fingerprint density at radius 3 is 2.67 bits per heavy atom. The number of aromatic hydroxyl groups is 1. The van der Waals surface area contributed by atoms with Gasteiger partial charge in [-0.05, 0) is 29.6 Å². The molecule has 0 saturated heterocycles. The lowest BCUT2D eigenvalue weighted by Crippen LogP contribution is -2.26. The lowest BCUT2D eigenvalue weighted by Gasteiger charge is -2.16. The summed E-state index contributed by atoms with van der Waals surface area (Å²) in [6.45, 7) is 0.329. The van der Waals surface area contributed by atoms with Crippen LogP contribution in [0.4, 0.5) is 0 Å². The molecule has 4 nitrogen and oxygen atoms in total. The number of benzene rings is 1. The molecule has 0 aliphatic rings. The molecular weight excluding hydrogens is 270 g/mol. The Bertz CT molecular complexity index is 621. The molecule has 0 aliphatic carbocycles. The molecule has 0 bridgehead atoms. The van der Waals surface area contributed by atoms with Gasteiger partial charge in [-0.15, -0.1) is 11.3 Å². The van der Waals surface area contributed by atoms with Crippen molar-refractivity contribution in [3.63, 3.8) is 0 Å². The number of nitrogens with zero attached hydrogens (tertiary/aromatic N) is 1. The third kappa shape index (κ3) is 2.72. The lowest BCUT2D eigenvalue weighted by molar-refractivity contribution is 0.462. The van der Waals surface area contributed by atoms with Gasteiger partial charge in [0.2, 0.25) is 10.0 Å². The molecule has 2 rings (SSSR count). The molecule has 1 aromatic carbocycles. The summed E-state index contributed by atoms with van der Waals surface area (Å²) < 4.78 is 25.7. The van der Waals surface area contributed by atoms with Crippen molar-refractivity contribution in [1.29, 1.82) is 0 Å². The van der Waals surface area contributed by atoms with Crippen LogP contribution in [-0.4, -0.2) is 24.9 Å². The SMILES string of the molecule is CN(Cc1cccs1)S(=O)(=O)c1cccc(O)c1. The minimum absolute atomic E-state index is 0.0550. The summed E-state index contributed by atoms with van der Waals surface area (Å²) in [6.07, 6.45) is 0. The van der Waals surface area contributed by atoms with Gasteiger partial charge in [-0.25, -0.2) is 8.42 Å². The predicted molar refractivity (Wildman–Crippen MR) is 71.1 cm³/mol. The standard InChI is InChI=1S/C12H13NO3S2/c1-13(9-11-5-3-7-17-11)18(15,16)12-6-2-4-10(14)8-12/h2-8,14H,9H2,1H3. The average molecular weight is 283 g/mol. The Labute approximate surface area is 110 Å². The maximum atomic E-state index is 12.2. The predicted octanol–water partition coefficient (Wildman–Crippen LogP) is 2.27. The van der Waals surface area contributed by atoms with Crippen molar-refractivity contribution < 1.29 is 13.5 Å². The minimum atomic E-state index is -3.56. The van der Waals surface area contributed by atoms with Gasteiger partial charge in [0.05, 0.1) is 4.90 Å². The van der Waals surface area contributed by atoms with E-state index in [1.807, 2.05) is 17.5 Å². The smallest absolute Gasteiger partial charge is 0.243 e. The highest BCUT2D eigenvalue weighted by Crippen LogP contribution is 2.21. The summed E-state index contributed by atoms with van der Waals surface area (Å²) in [4.78, 5) is 1.07. The van der Waals surface area contributed by atoms with Crippen LogP contribution in [0.25, 0.3) is 0 Å². The average Bonchev–Trinajstić information content (AvgIpc) is 2.81. The van der Waals surface area contributed by atoms with Gasteiger partial charge in [-0.1, -0.05) is 12.1 Å². The van der Waals surface area contributed by atoms with Crippen molar-refractivity contribution >= 4 is 21.4 Å². The van der Waals surface area contributed by atoms with Crippen LogP contribution < -0.4 is 0 Å². The highest BCUT2D eigenvalue weighted by Gasteiger charge is 2.21. The van der Waals surface area contributed by atoms with Crippen molar-refractivity contribution in [3.8, 4) is 5.75 Å². The van der Waals surface area contributed by atoms with Crippen LogP contribution in [0.15, 0.2) is 46.7 Å². The minimum Gasteiger partial charge on any atom is -0.508 e. The molecule has 0 aliphatic heterocycles. The van der Waals surface area contributed by atoms with Gasteiger partial charge in [0.1, 0.15) is 5.75 Å². The van der Waals surface area contributed by atoms with Gasteiger partial charge in [0.15, 0.2) is 0 Å². The van der Waals surface area contributed by atoms with Gasteiger partial charge in [0, 0.05) is 18.5 Å². The summed E-state index contributed by atoms with van der Waals surface area (Å²) in [6, 6.07) is 9.45. The molecule has 0 spiro atoms. The van der Waals surface area contributed by atoms with E-state index in [0.717, 1.165) is 4.88 Å². The third-order valence-electron chi connectivity index (χ3n) is 2.48. The maximum absolute atomic E-state index is 12.2. The number of hydrogen-bond acceptors (Lipinski definition) is 4. The highest BCUT2D eigenvalue weighted by atomic mass is 32.2. The summed E-state index contributed by atoms with van der Waals surface area (Å²) in [5.41, 5.74) is 0. The normalized spacial score (nSPS) is 11.9. The van der Waals surface area contributed by atoms with E-state index in [-0.39, 0.29) is 10.6 Å². The molecule has 0 saturated carbocycles. The van der Waals surface area contributed by atoms with Crippen LogP contribution in [0.2, 0.25) is 0 Å². The summed E-state index contributed by atoms with van der Waals surface area (Å²) in [5, 5.41) is 11.2. The van der Waals surface area contributed by atoms with Crippen LogP contribution in [0.3, 0.4) is 0 Å². The monoisotopic (exact) mass is 283 g/mol. The first-order valence-corrected chi connectivity index (χ1v) is 7.60. The molecule has 2 aromatic rings. The quantitative estimate of drug-likeness (QED) is 0.936. The number of sulfonamides is 1. The molecule has 0 radical (unpaired) electrons. The maximum Gasteiger partial charge on any atom is 0.243 e. The largest absolute Gasteiger partial charge is 0.508 e. The zero-order valence-corrected chi connectivity index (χ0v) is 11.4.